The molecule has 0 radical (unpaired) electrons. The van der Waals surface area contributed by atoms with Crippen LogP contribution in [0, 0.1) is 17.2 Å². The van der Waals surface area contributed by atoms with Crippen LogP contribution in [0.25, 0.3) is 10.9 Å². The Balaban J connectivity index is 1.68. The van der Waals surface area contributed by atoms with Crippen molar-refractivity contribution < 1.29 is 9.90 Å². The van der Waals surface area contributed by atoms with Crippen LogP contribution in [-0.4, -0.2) is 21.2 Å². The van der Waals surface area contributed by atoms with Crippen LogP contribution in [0.1, 0.15) is 57.1 Å². The summed E-state index contributed by atoms with van der Waals surface area (Å²) in [6.45, 7) is 1.80. The van der Waals surface area contributed by atoms with Crippen molar-refractivity contribution in [1.29, 1.82) is 5.26 Å². The Morgan fingerprint density at radius 3 is 2.68 bits per heavy atom. The Bertz CT molecular complexity index is 869. The maximum Gasteiger partial charge on any atom is 0.231 e. The van der Waals surface area contributed by atoms with Crippen LogP contribution in [0.3, 0.4) is 0 Å². The first-order valence-corrected chi connectivity index (χ1v) is 9.10. The molecular formula is C20H23N3O2. The molecule has 1 amide bonds. The van der Waals surface area contributed by atoms with Crippen molar-refractivity contribution in [2.24, 2.45) is 5.92 Å². The summed E-state index contributed by atoms with van der Waals surface area (Å²) in [5.74, 6) is 0.212. The van der Waals surface area contributed by atoms with Gasteiger partial charge in [-0.05, 0) is 56.7 Å². The molecule has 25 heavy (non-hydrogen) atoms. The number of nitriles is 1. The summed E-state index contributed by atoms with van der Waals surface area (Å²) in [6.07, 6.45) is 5.72. The molecule has 130 valence electrons. The number of nitrogens with zero attached hydrogens (tertiary/aromatic N) is 2. The van der Waals surface area contributed by atoms with E-state index < -0.39 is 11.5 Å². The number of aromatic nitrogens is 1. The molecule has 0 bridgehead atoms. The largest absolute Gasteiger partial charge is 0.389 e. The second kappa shape index (κ2) is 5.89. The molecule has 5 heteroatoms. The summed E-state index contributed by atoms with van der Waals surface area (Å²) in [6, 6.07) is 10.2. The molecule has 5 nitrogen and oxygen atoms in total. The summed E-state index contributed by atoms with van der Waals surface area (Å²) in [4.78, 5) is 12.7. The maximum absolute atomic E-state index is 12.7. The third-order valence-electron chi connectivity index (χ3n) is 6.08. The molecule has 2 aromatic rings. The number of rotatable bonds is 4. The van der Waals surface area contributed by atoms with E-state index in [1.807, 2.05) is 18.2 Å². The predicted octanol–water partition coefficient (Wildman–Crippen LogP) is 3.73. The summed E-state index contributed by atoms with van der Waals surface area (Å²) in [7, 11) is 0. The van der Waals surface area contributed by atoms with Crippen molar-refractivity contribution in [1.82, 2.24) is 4.57 Å². The van der Waals surface area contributed by atoms with Crippen molar-refractivity contribution in [3.63, 3.8) is 0 Å². The molecule has 4 rings (SSSR count). The van der Waals surface area contributed by atoms with Gasteiger partial charge in [0.2, 0.25) is 5.91 Å². The standard InChI is InChI=1S/C20H23N3O2/c1-13(20(25)8-3-9-20)19(24)22-18-11-15-7-6-14(12-21)10-17(15)23(18)16-4-2-5-16/h6-7,10-11,13,16,25H,2-5,8-9H2,1H3,(H,22,24)/t13-/m1/s1. The first-order valence-electron chi connectivity index (χ1n) is 9.10. The molecular weight excluding hydrogens is 314 g/mol. The fourth-order valence-electron chi connectivity index (χ4n) is 3.88. The van der Waals surface area contributed by atoms with Crippen LogP contribution in [0.4, 0.5) is 5.82 Å². The first kappa shape index (κ1) is 16.2. The summed E-state index contributed by atoms with van der Waals surface area (Å²) < 4.78 is 2.16. The molecule has 2 N–H and O–H groups in total. The molecule has 1 atom stereocenters. The summed E-state index contributed by atoms with van der Waals surface area (Å²) in [5, 5.41) is 23.7. The van der Waals surface area contributed by atoms with Gasteiger partial charge < -0.3 is 15.0 Å². The molecule has 1 aromatic carbocycles. The molecule has 0 aliphatic heterocycles. The molecule has 0 spiro atoms. The lowest BCUT2D eigenvalue weighted by atomic mass is 9.71. The molecule has 1 heterocycles. The van der Waals surface area contributed by atoms with Gasteiger partial charge in [-0.2, -0.15) is 5.26 Å². The summed E-state index contributed by atoms with van der Waals surface area (Å²) >= 11 is 0. The Morgan fingerprint density at radius 2 is 2.12 bits per heavy atom. The number of carbonyl (C=O) groups is 1. The van der Waals surface area contributed by atoms with Crippen LogP contribution in [0.15, 0.2) is 24.3 Å². The zero-order valence-electron chi connectivity index (χ0n) is 14.5. The number of fused-ring (bicyclic) bond motifs is 1. The second-order valence-corrected chi connectivity index (χ2v) is 7.54. The van der Waals surface area contributed by atoms with Crippen LogP contribution in [-0.2, 0) is 4.79 Å². The SMILES string of the molecule is C[C@H](C(=O)Nc1cc2ccc(C#N)cc2n1C1CCC1)C1(O)CCC1. The normalized spacial score (nSPS) is 20.4. The van der Waals surface area contributed by atoms with Crippen LogP contribution in [0.5, 0.6) is 0 Å². The third kappa shape index (κ3) is 2.61. The van der Waals surface area contributed by atoms with Gasteiger partial charge in [0.05, 0.1) is 28.7 Å². The lowest BCUT2D eigenvalue weighted by Crippen LogP contribution is -2.48. The fraction of sp³-hybridized carbons (Fsp3) is 0.500. The Labute approximate surface area is 147 Å². The minimum Gasteiger partial charge on any atom is -0.389 e. The molecule has 2 aliphatic rings. The maximum atomic E-state index is 12.7. The van der Waals surface area contributed by atoms with Crippen LogP contribution < -0.4 is 5.32 Å². The quantitative estimate of drug-likeness (QED) is 0.892. The van der Waals surface area contributed by atoms with E-state index in [2.05, 4.69) is 16.0 Å². The Morgan fingerprint density at radius 1 is 1.36 bits per heavy atom. The second-order valence-electron chi connectivity index (χ2n) is 7.54. The van der Waals surface area contributed by atoms with Gasteiger partial charge in [0, 0.05) is 11.4 Å². The number of nitrogens with one attached hydrogen (secondary N) is 1. The topological polar surface area (TPSA) is 78.0 Å². The average molecular weight is 337 g/mol. The molecule has 1 aromatic heterocycles. The Hall–Kier alpha value is -2.32. The molecule has 2 fully saturated rings. The lowest BCUT2D eigenvalue weighted by molar-refractivity contribution is -0.136. The number of amides is 1. The van der Waals surface area contributed by atoms with Gasteiger partial charge in [0.15, 0.2) is 0 Å². The zero-order chi connectivity index (χ0) is 17.6. The molecule has 2 aliphatic carbocycles. The number of carbonyl (C=O) groups excluding carboxylic acids is 1. The minimum absolute atomic E-state index is 0.133. The minimum atomic E-state index is -0.856. The van der Waals surface area contributed by atoms with E-state index in [1.165, 1.54) is 6.42 Å². The zero-order valence-corrected chi connectivity index (χ0v) is 14.5. The van der Waals surface area contributed by atoms with Gasteiger partial charge in [-0.15, -0.1) is 0 Å². The van der Waals surface area contributed by atoms with Crippen molar-refractivity contribution in [2.45, 2.75) is 57.1 Å². The number of hydrogen-bond acceptors (Lipinski definition) is 3. The number of aliphatic hydroxyl groups is 1. The van der Waals surface area contributed by atoms with Gasteiger partial charge in [0.1, 0.15) is 5.82 Å². The van der Waals surface area contributed by atoms with Crippen molar-refractivity contribution >= 4 is 22.6 Å². The average Bonchev–Trinajstić information content (AvgIpc) is 2.87. The Kier molecular flexibility index (Phi) is 3.81. The van der Waals surface area contributed by atoms with Gasteiger partial charge in [-0.3, -0.25) is 4.79 Å². The van der Waals surface area contributed by atoms with Gasteiger partial charge >= 0.3 is 0 Å². The highest BCUT2D eigenvalue weighted by Crippen LogP contribution is 2.41. The van der Waals surface area contributed by atoms with Crippen molar-refractivity contribution in [2.75, 3.05) is 5.32 Å². The molecule has 0 saturated heterocycles. The van der Waals surface area contributed by atoms with E-state index in [0.717, 1.165) is 36.0 Å². The first-order chi connectivity index (χ1) is 12.0. The number of anilines is 1. The van der Waals surface area contributed by atoms with E-state index in [-0.39, 0.29) is 5.91 Å². The van der Waals surface area contributed by atoms with Crippen molar-refractivity contribution in [3.8, 4) is 6.07 Å². The van der Waals surface area contributed by atoms with Gasteiger partial charge in [-0.25, -0.2) is 0 Å². The molecule has 2 saturated carbocycles. The fourth-order valence-corrected chi connectivity index (χ4v) is 3.88. The highest BCUT2D eigenvalue weighted by atomic mass is 16.3. The van der Waals surface area contributed by atoms with E-state index in [0.29, 0.717) is 24.4 Å². The van der Waals surface area contributed by atoms with Gasteiger partial charge in [0.25, 0.3) is 0 Å². The van der Waals surface area contributed by atoms with E-state index in [9.17, 15) is 15.2 Å². The van der Waals surface area contributed by atoms with Crippen LogP contribution >= 0.6 is 0 Å². The van der Waals surface area contributed by atoms with Crippen LogP contribution in [0.2, 0.25) is 0 Å². The monoisotopic (exact) mass is 337 g/mol. The van der Waals surface area contributed by atoms with Crippen molar-refractivity contribution in [3.05, 3.63) is 29.8 Å². The molecule has 0 unspecified atom stereocenters. The lowest BCUT2D eigenvalue weighted by Gasteiger charge is -2.41. The predicted molar refractivity (Wildman–Crippen MR) is 96.1 cm³/mol. The van der Waals surface area contributed by atoms with Gasteiger partial charge in [-0.1, -0.05) is 13.0 Å². The number of hydrogen-bond donors (Lipinski definition) is 2. The highest BCUT2D eigenvalue weighted by molar-refractivity contribution is 5.96. The van der Waals surface area contributed by atoms with E-state index >= 15 is 0 Å². The number of benzene rings is 1. The highest BCUT2D eigenvalue weighted by Gasteiger charge is 2.43. The third-order valence-corrected chi connectivity index (χ3v) is 6.08. The van der Waals surface area contributed by atoms with E-state index in [1.54, 1.807) is 13.0 Å². The summed E-state index contributed by atoms with van der Waals surface area (Å²) in [5.41, 5.74) is 0.765. The smallest absolute Gasteiger partial charge is 0.231 e. The van der Waals surface area contributed by atoms with E-state index in [4.69, 9.17) is 0 Å².